The molecule has 1 saturated heterocycles. The van der Waals surface area contributed by atoms with Crippen molar-refractivity contribution in [3.63, 3.8) is 0 Å². The number of ether oxygens (including phenoxy) is 2. The number of esters is 1. The fourth-order valence-corrected chi connectivity index (χ4v) is 5.75. The summed E-state index contributed by atoms with van der Waals surface area (Å²) in [5.41, 5.74) is 3.39. The molecule has 0 spiro atoms. The Bertz CT molecular complexity index is 1430. The minimum absolute atomic E-state index is 0.0178. The Labute approximate surface area is 217 Å². The lowest BCUT2D eigenvalue weighted by Crippen LogP contribution is -2.19. The molecule has 1 fully saturated rings. The number of rotatable bonds is 9. The number of hydrogen-bond acceptors (Lipinski definition) is 7. The summed E-state index contributed by atoms with van der Waals surface area (Å²) in [4.78, 5) is 25.8. The van der Waals surface area contributed by atoms with E-state index in [1.165, 1.54) is 18.2 Å². The van der Waals surface area contributed by atoms with Crippen LogP contribution in [0.3, 0.4) is 0 Å². The van der Waals surface area contributed by atoms with Crippen LogP contribution in [0.25, 0.3) is 0 Å². The molecule has 0 unspecified atom stereocenters. The number of aryl methyl sites for hydroxylation is 3. The molecule has 0 radical (unpaired) electrons. The molecule has 4 rings (SSSR count). The number of hydrogen-bond donors (Lipinski definition) is 0. The van der Waals surface area contributed by atoms with Crippen LogP contribution in [-0.2, 0) is 26.1 Å². The SMILES string of the molecule is Cc1ccc(C)c(S(=O)(=O)Oc2ccccc2C(=O)OCC(=O)c2cc(C)n(C[C@H]3CCCO3)c2C)c1. The van der Waals surface area contributed by atoms with E-state index in [1.54, 1.807) is 44.2 Å². The number of benzene rings is 2. The summed E-state index contributed by atoms with van der Waals surface area (Å²) in [7, 11) is -4.20. The van der Waals surface area contributed by atoms with Crippen LogP contribution in [-0.4, -0.2) is 44.1 Å². The van der Waals surface area contributed by atoms with Gasteiger partial charge in [0.05, 0.1) is 6.10 Å². The Morgan fingerprint density at radius 1 is 1.03 bits per heavy atom. The van der Waals surface area contributed by atoms with Gasteiger partial charge < -0.3 is 18.2 Å². The van der Waals surface area contributed by atoms with E-state index < -0.39 is 22.7 Å². The number of para-hydroxylation sites is 1. The van der Waals surface area contributed by atoms with E-state index >= 15 is 0 Å². The van der Waals surface area contributed by atoms with Gasteiger partial charge in [0.15, 0.2) is 12.4 Å². The zero-order valence-electron chi connectivity index (χ0n) is 21.4. The number of Topliss-reactive ketones (excluding diaryl/α,β-unsaturated/α-hetero) is 1. The Kier molecular flexibility index (Phi) is 7.85. The van der Waals surface area contributed by atoms with Crippen LogP contribution in [0.4, 0.5) is 0 Å². The van der Waals surface area contributed by atoms with Crippen LogP contribution in [0.15, 0.2) is 53.4 Å². The largest absolute Gasteiger partial charge is 0.454 e. The topological polar surface area (TPSA) is 101 Å². The summed E-state index contributed by atoms with van der Waals surface area (Å²) < 4.78 is 44.3. The number of ketones is 1. The predicted octanol–water partition coefficient (Wildman–Crippen LogP) is 4.71. The number of nitrogens with zero attached hydrogens (tertiary/aromatic N) is 1. The van der Waals surface area contributed by atoms with Crippen molar-refractivity contribution in [2.45, 2.75) is 58.1 Å². The van der Waals surface area contributed by atoms with Crippen molar-refractivity contribution in [3.8, 4) is 5.75 Å². The van der Waals surface area contributed by atoms with Gasteiger partial charge in [-0.05, 0) is 75.9 Å². The second-order valence-electron chi connectivity index (χ2n) is 9.33. The highest BCUT2D eigenvalue weighted by molar-refractivity contribution is 7.87. The fraction of sp³-hybridized carbons (Fsp3) is 0.357. The molecule has 0 amide bonds. The molecule has 1 aliphatic rings. The lowest BCUT2D eigenvalue weighted by Gasteiger charge is -2.15. The summed E-state index contributed by atoms with van der Waals surface area (Å²) in [6.45, 7) is 8.17. The smallest absolute Gasteiger partial charge is 0.342 e. The van der Waals surface area contributed by atoms with Gasteiger partial charge in [-0.25, -0.2) is 4.79 Å². The van der Waals surface area contributed by atoms with Gasteiger partial charge in [0, 0.05) is 30.1 Å². The molecule has 196 valence electrons. The van der Waals surface area contributed by atoms with Crippen molar-refractivity contribution < 1.29 is 31.7 Å². The Morgan fingerprint density at radius 2 is 1.78 bits per heavy atom. The normalized spacial score (nSPS) is 15.5. The second kappa shape index (κ2) is 10.9. The molecule has 1 aromatic heterocycles. The van der Waals surface area contributed by atoms with Crippen LogP contribution in [0.1, 0.15) is 56.1 Å². The highest BCUT2D eigenvalue weighted by atomic mass is 32.2. The Balaban J connectivity index is 1.47. The third-order valence-electron chi connectivity index (χ3n) is 6.54. The summed E-state index contributed by atoms with van der Waals surface area (Å²) in [6, 6.07) is 12.7. The van der Waals surface area contributed by atoms with Crippen LogP contribution in [0.5, 0.6) is 5.75 Å². The average Bonchev–Trinajstić information content (AvgIpc) is 3.47. The highest BCUT2D eigenvalue weighted by Crippen LogP contribution is 2.26. The molecule has 1 aliphatic heterocycles. The monoisotopic (exact) mass is 525 g/mol. The first kappa shape index (κ1) is 26.6. The van der Waals surface area contributed by atoms with Crippen molar-refractivity contribution in [1.29, 1.82) is 0 Å². The van der Waals surface area contributed by atoms with Crippen LogP contribution in [0, 0.1) is 27.7 Å². The fourth-order valence-electron chi connectivity index (χ4n) is 4.49. The average molecular weight is 526 g/mol. The Hall–Kier alpha value is -3.43. The third-order valence-corrected chi connectivity index (χ3v) is 7.92. The lowest BCUT2D eigenvalue weighted by atomic mass is 10.1. The molecule has 1 atom stereocenters. The van der Waals surface area contributed by atoms with E-state index in [0.29, 0.717) is 17.7 Å². The predicted molar refractivity (Wildman–Crippen MR) is 138 cm³/mol. The molecule has 0 bridgehead atoms. The van der Waals surface area contributed by atoms with Crippen molar-refractivity contribution >= 4 is 21.9 Å². The molecule has 8 nitrogen and oxygen atoms in total. The van der Waals surface area contributed by atoms with Gasteiger partial charge in [-0.3, -0.25) is 4.79 Å². The molecule has 2 heterocycles. The van der Waals surface area contributed by atoms with Gasteiger partial charge in [-0.2, -0.15) is 8.42 Å². The van der Waals surface area contributed by atoms with Crippen molar-refractivity contribution in [2.24, 2.45) is 0 Å². The first-order valence-corrected chi connectivity index (χ1v) is 13.6. The van der Waals surface area contributed by atoms with Gasteiger partial charge >= 0.3 is 16.1 Å². The van der Waals surface area contributed by atoms with Crippen molar-refractivity contribution in [1.82, 2.24) is 4.57 Å². The minimum Gasteiger partial charge on any atom is -0.454 e. The molecular weight excluding hydrogens is 494 g/mol. The van der Waals surface area contributed by atoms with E-state index in [4.69, 9.17) is 13.7 Å². The first-order chi connectivity index (χ1) is 17.6. The van der Waals surface area contributed by atoms with Gasteiger partial charge in [-0.15, -0.1) is 0 Å². The maximum absolute atomic E-state index is 13.0. The van der Waals surface area contributed by atoms with Crippen LogP contribution in [0.2, 0.25) is 0 Å². The number of carbonyl (C=O) groups is 2. The van der Waals surface area contributed by atoms with E-state index in [0.717, 1.165) is 36.4 Å². The molecule has 9 heteroatoms. The van der Waals surface area contributed by atoms with Crippen molar-refractivity contribution in [2.75, 3.05) is 13.2 Å². The quantitative estimate of drug-likeness (QED) is 0.227. The molecule has 37 heavy (non-hydrogen) atoms. The standard InChI is InChI=1S/C28H31NO7S/c1-18-11-12-19(2)27(14-18)37(32,33)36-26-10-6-5-9-23(26)28(31)35-17-25(30)24-15-20(3)29(21(24)4)16-22-8-7-13-34-22/h5-6,9-12,14-15,22H,7-8,13,16-17H2,1-4H3/t22-/m1/s1. The Morgan fingerprint density at radius 3 is 2.51 bits per heavy atom. The molecule has 0 aliphatic carbocycles. The molecule has 0 saturated carbocycles. The first-order valence-electron chi connectivity index (χ1n) is 12.2. The molecule has 2 aromatic carbocycles. The maximum Gasteiger partial charge on any atom is 0.342 e. The van der Waals surface area contributed by atoms with Crippen molar-refractivity contribution in [3.05, 3.63) is 82.2 Å². The van der Waals surface area contributed by atoms with Gasteiger partial charge in [0.1, 0.15) is 10.5 Å². The second-order valence-corrected chi connectivity index (χ2v) is 10.8. The summed E-state index contributed by atoms with van der Waals surface area (Å²) in [6.07, 6.45) is 2.14. The van der Waals surface area contributed by atoms with E-state index in [1.807, 2.05) is 18.4 Å². The van der Waals surface area contributed by atoms with E-state index in [-0.39, 0.29) is 28.1 Å². The van der Waals surface area contributed by atoms with E-state index in [9.17, 15) is 18.0 Å². The summed E-state index contributed by atoms with van der Waals surface area (Å²) in [5, 5.41) is 0. The van der Waals surface area contributed by atoms with Gasteiger partial charge in [0.2, 0.25) is 5.78 Å². The summed E-state index contributed by atoms with van der Waals surface area (Å²) >= 11 is 0. The van der Waals surface area contributed by atoms with E-state index in [2.05, 4.69) is 0 Å². The number of carbonyl (C=O) groups excluding carboxylic acids is 2. The zero-order chi connectivity index (χ0) is 26.7. The number of aromatic nitrogens is 1. The molecule has 3 aromatic rings. The van der Waals surface area contributed by atoms with Gasteiger partial charge in [0.25, 0.3) is 0 Å². The molecule has 0 N–H and O–H groups in total. The third kappa shape index (κ3) is 5.94. The van der Waals surface area contributed by atoms with Crippen LogP contribution < -0.4 is 4.18 Å². The zero-order valence-corrected chi connectivity index (χ0v) is 22.3. The minimum atomic E-state index is -4.20. The lowest BCUT2D eigenvalue weighted by molar-refractivity contribution is 0.0472. The highest BCUT2D eigenvalue weighted by Gasteiger charge is 2.25. The maximum atomic E-state index is 13.0. The molecular formula is C28H31NO7S. The summed E-state index contributed by atoms with van der Waals surface area (Å²) in [5.74, 6) is -1.37. The van der Waals surface area contributed by atoms with Crippen LogP contribution >= 0.6 is 0 Å². The van der Waals surface area contributed by atoms with Gasteiger partial charge in [-0.1, -0.05) is 24.3 Å².